The molecule has 10 heteroatoms. The summed E-state index contributed by atoms with van der Waals surface area (Å²) in [6.07, 6.45) is 2.71. The van der Waals surface area contributed by atoms with Crippen LogP contribution >= 0.6 is 54.8 Å². The Morgan fingerprint density at radius 1 is 1.28 bits per heavy atom. The monoisotopic (exact) mass is 431 g/mol. The maximum Gasteiger partial charge on any atom is 0.272 e. The molecule has 0 atom stereocenters. The van der Waals surface area contributed by atoms with Gasteiger partial charge in [-0.15, -0.1) is 11.3 Å². The van der Waals surface area contributed by atoms with Crippen molar-refractivity contribution in [2.75, 3.05) is 4.72 Å². The van der Waals surface area contributed by atoms with Gasteiger partial charge in [0.2, 0.25) is 0 Å². The van der Waals surface area contributed by atoms with Gasteiger partial charge in [0.15, 0.2) is 5.82 Å². The Morgan fingerprint density at radius 3 is 2.50 bits per heavy atom. The molecule has 0 unspecified atom stereocenters. The Bertz CT molecular complexity index is 653. The van der Waals surface area contributed by atoms with Crippen LogP contribution in [0, 0.1) is 0 Å². The molecular weight excluding hydrogens is 430 g/mol. The lowest BCUT2D eigenvalue weighted by Crippen LogP contribution is -2.12. The topological polar surface area (TPSA) is 72.0 Å². The molecule has 0 radical (unpaired) electrons. The number of hydrogen-bond acceptors (Lipinski definition) is 5. The fourth-order valence-electron chi connectivity index (χ4n) is 1.01. The van der Waals surface area contributed by atoms with Crippen molar-refractivity contribution in [2.45, 2.75) is 4.21 Å². The quantitative estimate of drug-likeness (QED) is 0.804. The molecule has 2 aromatic heterocycles. The molecule has 5 nitrogen and oxygen atoms in total. The highest BCUT2D eigenvalue weighted by atomic mass is 79.9. The van der Waals surface area contributed by atoms with E-state index in [1.165, 1.54) is 18.5 Å². The summed E-state index contributed by atoms with van der Waals surface area (Å²) in [6.45, 7) is 0. The van der Waals surface area contributed by atoms with Crippen molar-refractivity contribution in [2.24, 2.45) is 0 Å². The molecule has 96 valence electrons. The summed E-state index contributed by atoms with van der Waals surface area (Å²) in [4.78, 5) is 7.75. The van der Waals surface area contributed by atoms with Gasteiger partial charge in [0.25, 0.3) is 10.0 Å². The van der Waals surface area contributed by atoms with Crippen molar-refractivity contribution in [3.8, 4) is 0 Å². The summed E-state index contributed by atoms with van der Waals surface area (Å²) in [5.41, 5.74) is 0. The van der Waals surface area contributed by atoms with Gasteiger partial charge in [-0.3, -0.25) is 4.72 Å². The predicted octanol–water partition coefficient (Wildman–Crippen LogP) is 3.52. The third-order valence-corrected chi connectivity index (χ3v) is 6.46. The number of thiophene rings is 1. The van der Waals surface area contributed by atoms with Crippen LogP contribution in [-0.4, -0.2) is 18.4 Å². The summed E-state index contributed by atoms with van der Waals surface area (Å²) < 4.78 is 27.5. The van der Waals surface area contributed by atoms with Gasteiger partial charge in [-0.05, 0) is 37.9 Å². The number of nitrogens with zero attached hydrogens (tertiary/aromatic N) is 2. The first-order valence-electron chi connectivity index (χ1n) is 4.34. The zero-order valence-electron chi connectivity index (χ0n) is 8.39. The molecule has 2 aromatic rings. The smallest absolute Gasteiger partial charge is 0.261 e. The van der Waals surface area contributed by atoms with E-state index in [-0.39, 0.29) is 10.0 Å². The van der Waals surface area contributed by atoms with Crippen LogP contribution in [0.25, 0.3) is 0 Å². The predicted molar refractivity (Wildman–Crippen MR) is 77.6 cm³/mol. The molecule has 0 fully saturated rings. The minimum atomic E-state index is -3.69. The van der Waals surface area contributed by atoms with Crippen molar-refractivity contribution in [3.63, 3.8) is 0 Å². The third kappa shape index (κ3) is 3.21. The summed E-state index contributed by atoms with van der Waals surface area (Å²) in [5.74, 6) is 0.138. The third-order valence-electron chi connectivity index (χ3n) is 1.75. The molecule has 0 amide bonds. The van der Waals surface area contributed by atoms with E-state index in [2.05, 4.69) is 46.5 Å². The number of aromatic nitrogens is 2. The van der Waals surface area contributed by atoms with Gasteiger partial charge < -0.3 is 0 Å². The fraction of sp³-hybridized carbons (Fsp3) is 0. The number of hydrogen-bond donors (Lipinski definition) is 1. The lowest BCUT2D eigenvalue weighted by atomic mass is 10.7. The lowest BCUT2D eigenvalue weighted by Gasteiger charge is -2.04. The number of rotatable bonds is 3. The van der Waals surface area contributed by atoms with Crippen LogP contribution < -0.4 is 4.72 Å². The van der Waals surface area contributed by atoms with E-state index in [0.29, 0.717) is 13.4 Å². The van der Waals surface area contributed by atoms with Gasteiger partial charge in [0, 0.05) is 0 Å². The van der Waals surface area contributed by atoms with E-state index in [1.807, 2.05) is 0 Å². The van der Waals surface area contributed by atoms with Crippen LogP contribution in [0.5, 0.6) is 0 Å². The second-order valence-corrected chi connectivity index (χ2v) is 8.52. The highest BCUT2D eigenvalue weighted by Crippen LogP contribution is 2.35. The molecule has 0 bridgehead atoms. The maximum atomic E-state index is 12.0. The summed E-state index contributed by atoms with van der Waals surface area (Å²) in [5, 5.41) is 0.349. The lowest BCUT2D eigenvalue weighted by molar-refractivity contribution is 0.603. The molecule has 0 saturated carbocycles. The van der Waals surface area contributed by atoms with Crippen molar-refractivity contribution in [1.29, 1.82) is 0 Å². The second-order valence-electron chi connectivity index (χ2n) is 3.02. The molecule has 0 aliphatic rings. The van der Waals surface area contributed by atoms with Gasteiger partial charge >= 0.3 is 0 Å². The Hall–Kier alpha value is -0.220. The van der Waals surface area contributed by atoms with E-state index < -0.39 is 10.0 Å². The Balaban J connectivity index is 2.29. The van der Waals surface area contributed by atoms with Gasteiger partial charge in [-0.1, -0.05) is 11.6 Å². The molecule has 18 heavy (non-hydrogen) atoms. The first-order valence-corrected chi connectivity index (χ1v) is 8.60. The Morgan fingerprint density at radius 2 is 2.00 bits per heavy atom. The number of sulfonamides is 1. The number of anilines is 1. The molecule has 2 rings (SSSR count). The van der Waals surface area contributed by atoms with E-state index >= 15 is 0 Å². The number of halogens is 3. The summed E-state index contributed by atoms with van der Waals surface area (Å²) in [6, 6.07) is 1.37. The van der Waals surface area contributed by atoms with Crippen LogP contribution in [0.3, 0.4) is 0 Å². The van der Waals surface area contributed by atoms with Crippen LogP contribution in [0.2, 0.25) is 5.02 Å². The molecule has 0 aliphatic heterocycles. The van der Waals surface area contributed by atoms with Crippen molar-refractivity contribution >= 4 is 70.6 Å². The first kappa shape index (κ1) is 14.2. The van der Waals surface area contributed by atoms with E-state index in [9.17, 15) is 8.42 Å². The molecule has 2 heterocycles. The first-order chi connectivity index (χ1) is 8.38. The zero-order valence-corrected chi connectivity index (χ0v) is 14.0. The van der Waals surface area contributed by atoms with Crippen molar-refractivity contribution < 1.29 is 8.42 Å². The van der Waals surface area contributed by atoms with Crippen LogP contribution in [-0.2, 0) is 10.0 Å². The van der Waals surface area contributed by atoms with E-state index in [0.717, 1.165) is 11.3 Å². The largest absolute Gasteiger partial charge is 0.272 e. The standard InChI is InChI=1S/C8H4Br2ClN3O2S2/c9-5-2-13-6(3-12-5)14-18(15,16)7-1-4(11)8(10)17-7/h1-3H,(H,13,14). The molecule has 1 N–H and O–H groups in total. The SMILES string of the molecule is O=S(=O)(Nc1cnc(Br)cn1)c1cc(Cl)c(Br)s1. The average Bonchev–Trinajstić information content (AvgIpc) is 2.63. The van der Waals surface area contributed by atoms with Crippen LogP contribution in [0.1, 0.15) is 0 Å². The molecular formula is C8H4Br2ClN3O2S2. The second kappa shape index (κ2) is 5.41. The van der Waals surface area contributed by atoms with E-state index in [1.54, 1.807) is 0 Å². The average molecular weight is 434 g/mol. The Labute approximate surface area is 129 Å². The number of nitrogens with one attached hydrogen (secondary N) is 1. The van der Waals surface area contributed by atoms with Crippen LogP contribution in [0.4, 0.5) is 5.82 Å². The Kier molecular flexibility index (Phi) is 4.27. The van der Waals surface area contributed by atoms with Crippen molar-refractivity contribution in [1.82, 2.24) is 9.97 Å². The summed E-state index contributed by atoms with van der Waals surface area (Å²) >= 11 is 13.1. The maximum absolute atomic E-state index is 12.0. The minimum absolute atomic E-state index is 0.101. The zero-order chi connectivity index (χ0) is 13.3. The van der Waals surface area contributed by atoms with Gasteiger partial charge in [-0.2, -0.15) is 0 Å². The normalized spacial score (nSPS) is 11.5. The van der Waals surface area contributed by atoms with Gasteiger partial charge in [-0.25, -0.2) is 18.4 Å². The van der Waals surface area contributed by atoms with Gasteiger partial charge in [0.05, 0.1) is 21.2 Å². The van der Waals surface area contributed by atoms with E-state index in [4.69, 9.17) is 11.6 Å². The highest BCUT2D eigenvalue weighted by Gasteiger charge is 2.19. The van der Waals surface area contributed by atoms with Crippen LogP contribution in [0.15, 0.2) is 31.1 Å². The fourth-order valence-corrected chi connectivity index (χ4v) is 4.61. The molecule has 0 aliphatic carbocycles. The molecule has 0 saturated heterocycles. The van der Waals surface area contributed by atoms with Crippen molar-refractivity contribution in [3.05, 3.63) is 31.9 Å². The highest BCUT2D eigenvalue weighted by molar-refractivity contribution is 9.11. The van der Waals surface area contributed by atoms with Gasteiger partial charge in [0.1, 0.15) is 8.81 Å². The molecule has 0 spiro atoms. The summed E-state index contributed by atoms with van der Waals surface area (Å²) in [7, 11) is -3.69. The minimum Gasteiger partial charge on any atom is -0.261 e. The molecule has 0 aromatic carbocycles.